The fourth-order valence-corrected chi connectivity index (χ4v) is 2.39. The van der Waals surface area contributed by atoms with E-state index in [-0.39, 0.29) is 19.3 Å². The fourth-order valence-electron chi connectivity index (χ4n) is 1.60. The van der Waals surface area contributed by atoms with Crippen LogP contribution < -0.4 is 0 Å². The van der Waals surface area contributed by atoms with E-state index in [0.29, 0.717) is 6.42 Å². The average molecular weight is 416 g/mol. The third-order valence-electron chi connectivity index (χ3n) is 3.01. The minimum Gasteiger partial charge on any atom is -0.462 e. The predicted octanol–water partition coefficient (Wildman–Crippen LogP) is -0.111. The highest BCUT2D eigenvalue weighted by Crippen LogP contribution is 2.43. The summed E-state index contributed by atoms with van der Waals surface area (Å²) in [7, 11) is -4.59. The number of aliphatic hydroxyl groups excluding tert-OH is 3. The first-order valence-corrected chi connectivity index (χ1v) is 10.0. The van der Waals surface area contributed by atoms with Crippen molar-refractivity contribution >= 4 is 19.8 Å². The molecule has 0 aromatic carbocycles. The lowest BCUT2D eigenvalue weighted by Gasteiger charge is -2.20. The molecule has 0 aliphatic carbocycles. The smallest absolute Gasteiger partial charge is 0.462 e. The van der Waals surface area contributed by atoms with Crippen LogP contribution >= 0.6 is 7.82 Å². The molecule has 160 valence electrons. The molecule has 0 saturated carbocycles. The van der Waals surface area contributed by atoms with E-state index in [0.717, 1.165) is 0 Å². The van der Waals surface area contributed by atoms with Gasteiger partial charge in [0.05, 0.1) is 25.9 Å². The molecular weight excluding hydrogens is 387 g/mol. The van der Waals surface area contributed by atoms with Gasteiger partial charge in [-0.05, 0) is 19.8 Å². The number of esters is 2. The third-order valence-corrected chi connectivity index (χ3v) is 3.96. The van der Waals surface area contributed by atoms with Crippen LogP contribution in [-0.4, -0.2) is 76.9 Å². The zero-order chi connectivity index (χ0) is 20.9. The largest absolute Gasteiger partial charge is 0.472 e. The number of hydrogen-bond donors (Lipinski definition) is 4. The molecule has 27 heavy (non-hydrogen) atoms. The summed E-state index contributed by atoms with van der Waals surface area (Å²) in [5.41, 5.74) is 0. The van der Waals surface area contributed by atoms with Crippen molar-refractivity contribution in [3.63, 3.8) is 0 Å². The van der Waals surface area contributed by atoms with Crippen LogP contribution in [-0.2, 0) is 32.7 Å². The summed E-state index contributed by atoms with van der Waals surface area (Å²) in [6.45, 7) is 0.964. The number of phosphoric acid groups is 1. The summed E-state index contributed by atoms with van der Waals surface area (Å²) in [4.78, 5) is 32.7. The molecule has 4 atom stereocenters. The van der Waals surface area contributed by atoms with Crippen molar-refractivity contribution in [3.05, 3.63) is 0 Å². The number of phosphoric ester groups is 1. The maximum atomic E-state index is 11.8. The molecular formula is C15H29O11P. The van der Waals surface area contributed by atoms with Crippen molar-refractivity contribution in [2.45, 2.75) is 57.8 Å². The first kappa shape index (κ1) is 25.9. The van der Waals surface area contributed by atoms with Gasteiger partial charge in [-0.1, -0.05) is 6.92 Å². The maximum Gasteiger partial charge on any atom is 0.472 e. The van der Waals surface area contributed by atoms with Gasteiger partial charge in [-0.3, -0.25) is 18.6 Å². The molecule has 0 aliphatic rings. The lowest BCUT2D eigenvalue weighted by Crippen LogP contribution is -2.30. The molecule has 0 saturated heterocycles. The highest BCUT2D eigenvalue weighted by molar-refractivity contribution is 7.47. The van der Waals surface area contributed by atoms with Gasteiger partial charge >= 0.3 is 19.8 Å². The Bertz CT molecular complexity index is 482. The second-order valence-corrected chi connectivity index (χ2v) is 7.28. The molecule has 0 radical (unpaired) electrons. The van der Waals surface area contributed by atoms with Gasteiger partial charge in [0.25, 0.3) is 0 Å². The van der Waals surface area contributed by atoms with Crippen LogP contribution in [0.4, 0.5) is 0 Å². The minimum absolute atomic E-state index is 0.104. The van der Waals surface area contributed by atoms with Crippen molar-refractivity contribution < 1.29 is 52.9 Å². The summed E-state index contributed by atoms with van der Waals surface area (Å²) in [6, 6.07) is 0. The first-order valence-electron chi connectivity index (χ1n) is 8.53. The molecule has 4 N–H and O–H groups in total. The van der Waals surface area contributed by atoms with Gasteiger partial charge < -0.3 is 29.7 Å². The van der Waals surface area contributed by atoms with Crippen LogP contribution in [0.25, 0.3) is 0 Å². The summed E-state index contributed by atoms with van der Waals surface area (Å²) in [5.74, 6) is -1.24. The van der Waals surface area contributed by atoms with Crippen LogP contribution in [0, 0.1) is 0 Å². The van der Waals surface area contributed by atoms with Gasteiger partial charge in [0, 0.05) is 12.8 Å². The van der Waals surface area contributed by atoms with Gasteiger partial charge in [-0.25, -0.2) is 4.57 Å². The SMILES string of the molecule is CCCC(=O)OC[C@H](COP(=O)(O)OC[C@@H](O)CO)OC(=O)CC[C@H](C)O. The van der Waals surface area contributed by atoms with Gasteiger partial charge in [-0.15, -0.1) is 0 Å². The van der Waals surface area contributed by atoms with Crippen LogP contribution in [0.5, 0.6) is 0 Å². The van der Waals surface area contributed by atoms with E-state index in [9.17, 15) is 24.2 Å². The highest BCUT2D eigenvalue weighted by Gasteiger charge is 2.27. The lowest BCUT2D eigenvalue weighted by molar-refractivity contribution is -0.161. The fraction of sp³-hybridized carbons (Fsp3) is 0.867. The first-order chi connectivity index (χ1) is 12.6. The van der Waals surface area contributed by atoms with Crippen molar-refractivity contribution in [1.82, 2.24) is 0 Å². The molecule has 1 unspecified atom stereocenters. The Morgan fingerprint density at radius 2 is 1.67 bits per heavy atom. The average Bonchev–Trinajstić information content (AvgIpc) is 2.60. The molecule has 0 rings (SSSR count). The Kier molecular flexibility index (Phi) is 13.4. The molecule has 0 amide bonds. The lowest BCUT2D eigenvalue weighted by atomic mass is 10.2. The summed E-state index contributed by atoms with van der Waals surface area (Å²) >= 11 is 0. The Labute approximate surface area is 157 Å². The molecule has 0 bridgehead atoms. The van der Waals surface area contributed by atoms with Gasteiger partial charge in [0.1, 0.15) is 12.7 Å². The van der Waals surface area contributed by atoms with Crippen LogP contribution in [0.1, 0.15) is 39.5 Å². The van der Waals surface area contributed by atoms with E-state index in [1.807, 2.05) is 0 Å². The normalized spacial score (nSPS) is 16.8. The standard InChI is InChI=1S/C15H29O11P/c1-3-4-14(19)23-9-13(26-15(20)6-5-11(2)17)10-25-27(21,22)24-8-12(18)7-16/h11-13,16-18H,3-10H2,1-2H3,(H,21,22)/t11-,12-,13+/m0/s1. The van der Waals surface area contributed by atoms with E-state index in [4.69, 9.17) is 19.7 Å². The Balaban J connectivity index is 4.64. The predicted molar refractivity (Wildman–Crippen MR) is 91.5 cm³/mol. The van der Waals surface area contributed by atoms with Crippen LogP contribution in [0.3, 0.4) is 0 Å². The van der Waals surface area contributed by atoms with E-state index in [1.165, 1.54) is 6.92 Å². The molecule has 0 aromatic rings. The third kappa shape index (κ3) is 14.6. The summed E-state index contributed by atoms with van der Waals surface area (Å²) in [6.07, 6.45) is -2.47. The zero-order valence-corrected chi connectivity index (χ0v) is 16.4. The number of aliphatic hydroxyl groups is 3. The molecule has 0 heterocycles. The van der Waals surface area contributed by atoms with E-state index in [2.05, 4.69) is 9.05 Å². The zero-order valence-electron chi connectivity index (χ0n) is 15.5. The molecule has 0 aliphatic heterocycles. The van der Waals surface area contributed by atoms with Crippen LogP contribution in [0.15, 0.2) is 0 Å². The van der Waals surface area contributed by atoms with Gasteiger partial charge in [0.15, 0.2) is 6.10 Å². The Hall–Kier alpha value is -1.07. The molecule has 11 nitrogen and oxygen atoms in total. The van der Waals surface area contributed by atoms with Gasteiger partial charge in [0.2, 0.25) is 0 Å². The van der Waals surface area contributed by atoms with E-state index < -0.39 is 64.5 Å². The van der Waals surface area contributed by atoms with Crippen LogP contribution in [0.2, 0.25) is 0 Å². The highest BCUT2D eigenvalue weighted by atomic mass is 31.2. The number of ether oxygens (including phenoxy) is 2. The Morgan fingerprint density at radius 1 is 1.04 bits per heavy atom. The second-order valence-electron chi connectivity index (χ2n) is 5.83. The van der Waals surface area contributed by atoms with Crippen molar-refractivity contribution in [2.24, 2.45) is 0 Å². The summed E-state index contributed by atoms with van der Waals surface area (Å²) in [5, 5.41) is 26.9. The molecule has 0 fully saturated rings. The van der Waals surface area contributed by atoms with Crippen molar-refractivity contribution in [3.8, 4) is 0 Å². The number of hydrogen-bond acceptors (Lipinski definition) is 10. The maximum absolute atomic E-state index is 11.8. The Morgan fingerprint density at radius 3 is 2.22 bits per heavy atom. The van der Waals surface area contributed by atoms with E-state index >= 15 is 0 Å². The number of carbonyl (C=O) groups is 2. The quantitative estimate of drug-likeness (QED) is 0.207. The topological polar surface area (TPSA) is 169 Å². The number of carbonyl (C=O) groups excluding carboxylic acids is 2. The second kappa shape index (κ2) is 14.0. The number of rotatable bonds is 15. The van der Waals surface area contributed by atoms with Gasteiger partial charge in [-0.2, -0.15) is 0 Å². The van der Waals surface area contributed by atoms with Crippen molar-refractivity contribution in [1.29, 1.82) is 0 Å². The van der Waals surface area contributed by atoms with E-state index in [1.54, 1.807) is 6.92 Å². The molecule has 0 spiro atoms. The van der Waals surface area contributed by atoms with Crippen molar-refractivity contribution in [2.75, 3.05) is 26.4 Å². The monoisotopic (exact) mass is 416 g/mol. The molecule has 0 aromatic heterocycles. The molecule has 12 heteroatoms. The minimum atomic E-state index is -4.59. The summed E-state index contributed by atoms with van der Waals surface area (Å²) < 4.78 is 30.8.